The number of aliphatic hydroxyl groups excluding tert-OH is 2. The number of unbranched alkanes of at least 4 members (excludes halogenated alkanes) is 1. The summed E-state index contributed by atoms with van der Waals surface area (Å²) in [4.78, 5) is 30.7. The number of nitrogens with two attached hydrogens (primary N) is 4. The fourth-order valence-electron chi connectivity index (χ4n) is 6.35. The zero-order valence-electron chi connectivity index (χ0n) is 36.7. The third-order valence-corrected chi connectivity index (χ3v) is 9.68. The summed E-state index contributed by atoms with van der Waals surface area (Å²) in [7, 11) is 0. The normalized spacial score (nSPS) is 14.2. The van der Waals surface area contributed by atoms with Gasteiger partial charge >= 0.3 is 0 Å². The van der Waals surface area contributed by atoms with Crippen LogP contribution in [0.4, 0.5) is 0 Å². The van der Waals surface area contributed by atoms with E-state index in [4.69, 9.17) is 22.9 Å². The smallest absolute Gasteiger partial charge is 0.237 e. The molecular formula is C42H90N12O4. The Kier molecular flexibility index (Phi) is 40.2. The SMILES string of the molecule is CCC=CCN(CCCCN(CC=CCC)CC(O)CNC(=O)C(CCCNCCCN)NCCCN)CC(O)CNC(=O)C(CCCNCCCN)NCCCN. The lowest BCUT2D eigenvalue weighted by Crippen LogP contribution is -2.48. The van der Waals surface area contributed by atoms with Crippen LogP contribution in [0.5, 0.6) is 0 Å². The first-order chi connectivity index (χ1) is 28.3. The predicted molar refractivity (Wildman–Crippen MR) is 241 cm³/mol. The monoisotopic (exact) mass is 827 g/mol. The molecule has 0 aromatic heterocycles. The number of hydrogen-bond acceptors (Lipinski definition) is 14. The van der Waals surface area contributed by atoms with Gasteiger partial charge in [0.25, 0.3) is 0 Å². The van der Waals surface area contributed by atoms with Crippen LogP contribution >= 0.6 is 0 Å². The Morgan fingerprint density at radius 1 is 0.534 bits per heavy atom. The maximum atomic E-state index is 13.1. The molecule has 4 unspecified atom stereocenters. The minimum atomic E-state index is -0.712. The molecule has 0 rings (SSSR count). The maximum Gasteiger partial charge on any atom is 0.237 e. The van der Waals surface area contributed by atoms with Crippen molar-refractivity contribution in [2.75, 3.05) is 118 Å². The molecule has 0 radical (unpaired) electrons. The molecule has 342 valence electrons. The van der Waals surface area contributed by atoms with Crippen LogP contribution in [-0.2, 0) is 9.59 Å². The molecular weight excluding hydrogens is 737 g/mol. The molecule has 16 N–H and O–H groups in total. The van der Waals surface area contributed by atoms with Gasteiger partial charge in [-0.05, 0) is 156 Å². The first kappa shape index (κ1) is 55.9. The molecule has 0 saturated carbocycles. The molecule has 16 heteroatoms. The van der Waals surface area contributed by atoms with Gasteiger partial charge in [-0.2, -0.15) is 0 Å². The van der Waals surface area contributed by atoms with Gasteiger partial charge in [0, 0.05) is 39.3 Å². The minimum Gasteiger partial charge on any atom is -0.390 e. The summed E-state index contributed by atoms with van der Waals surface area (Å²) >= 11 is 0. The summed E-state index contributed by atoms with van der Waals surface area (Å²) in [5.41, 5.74) is 22.5. The van der Waals surface area contributed by atoms with Crippen LogP contribution in [0.25, 0.3) is 0 Å². The third kappa shape index (κ3) is 33.7. The number of aliphatic hydroxyl groups is 2. The topological polar surface area (TPSA) is 257 Å². The Bertz CT molecular complexity index is 920. The van der Waals surface area contributed by atoms with Crippen LogP contribution < -0.4 is 54.8 Å². The van der Waals surface area contributed by atoms with Gasteiger partial charge < -0.3 is 65.0 Å². The fraction of sp³-hybridized carbons (Fsp3) is 0.857. The quantitative estimate of drug-likeness (QED) is 0.0269. The van der Waals surface area contributed by atoms with Crippen molar-refractivity contribution in [1.82, 2.24) is 41.7 Å². The highest BCUT2D eigenvalue weighted by atomic mass is 16.3. The lowest BCUT2D eigenvalue weighted by molar-refractivity contribution is -0.124. The molecule has 0 aromatic carbocycles. The molecule has 0 fully saturated rings. The van der Waals surface area contributed by atoms with Crippen molar-refractivity contribution in [3.8, 4) is 0 Å². The van der Waals surface area contributed by atoms with Gasteiger partial charge in [0.15, 0.2) is 0 Å². The summed E-state index contributed by atoms with van der Waals surface area (Å²) in [5.74, 6) is -0.202. The average molecular weight is 827 g/mol. The standard InChI is InChI=1S/C42H90N12O4/c1-3-5-7-29-53(35-37(55)33-51-41(57)39(49-27-15-21-45)17-11-23-47-25-13-19-43)31-9-10-32-54(30-8-6-4-2)36-38(56)34-52-42(58)40(50-28-16-22-46)18-12-24-48-26-14-20-44/h5-8,37-40,47-50,55-56H,3-4,9-36,43-46H2,1-2H3,(H,51,57)(H,52,58). The number of allylic oxidation sites excluding steroid dienone is 2. The summed E-state index contributed by atoms with van der Waals surface area (Å²) in [6.07, 6.45) is 17.3. The van der Waals surface area contributed by atoms with E-state index in [-0.39, 0.29) is 37.0 Å². The van der Waals surface area contributed by atoms with Gasteiger partial charge in [-0.1, -0.05) is 38.2 Å². The number of rotatable bonds is 43. The zero-order chi connectivity index (χ0) is 42.9. The van der Waals surface area contributed by atoms with E-state index in [0.29, 0.717) is 78.3 Å². The molecule has 0 saturated heterocycles. The van der Waals surface area contributed by atoms with E-state index in [1.54, 1.807) is 0 Å². The number of nitrogens with zero attached hydrogens (tertiary/aromatic N) is 2. The summed E-state index contributed by atoms with van der Waals surface area (Å²) < 4.78 is 0. The number of carbonyl (C=O) groups is 2. The number of nitrogens with one attached hydrogen (secondary N) is 6. The highest BCUT2D eigenvalue weighted by Crippen LogP contribution is 2.05. The lowest BCUT2D eigenvalue weighted by Gasteiger charge is -2.27. The van der Waals surface area contributed by atoms with E-state index in [1.165, 1.54) is 0 Å². The summed E-state index contributed by atoms with van der Waals surface area (Å²) in [6.45, 7) is 15.6. The molecule has 2 amide bonds. The van der Waals surface area contributed by atoms with Crippen molar-refractivity contribution < 1.29 is 19.8 Å². The Morgan fingerprint density at radius 3 is 1.26 bits per heavy atom. The van der Waals surface area contributed by atoms with E-state index < -0.39 is 12.2 Å². The first-order valence-corrected chi connectivity index (χ1v) is 22.6. The van der Waals surface area contributed by atoms with Gasteiger partial charge in [0.2, 0.25) is 11.8 Å². The van der Waals surface area contributed by atoms with Crippen molar-refractivity contribution in [3.63, 3.8) is 0 Å². The fourth-order valence-corrected chi connectivity index (χ4v) is 6.35. The molecule has 0 spiro atoms. The zero-order valence-corrected chi connectivity index (χ0v) is 36.7. The van der Waals surface area contributed by atoms with Crippen LogP contribution in [0, 0.1) is 0 Å². The van der Waals surface area contributed by atoms with Crippen molar-refractivity contribution >= 4 is 11.8 Å². The van der Waals surface area contributed by atoms with E-state index in [2.05, 4.69) is 79.9 Å². The number of hydrogen-bond donors (Lipinski definition) is 12. The summed E-state index contributed by atoms with van der Waals surface area (Å²) in [5, 5.41) is 41.4. The molecule has 0 aliphatic rings. The van der Waals surface area contributed by atoms with E-state index in [1.807, 2.05) is 0 Å². The molecule has 0 aromatic rings. The van der Waals surface area contributed by atoms with Crippen molar-refractivity contribution in [2.24, 2.45) is 22.9 Å². The number of carbonyl (C=O) groups excluding carboxylic acids is 2. The molecule has 0 bridgehead atoms. The highest BCUT2D eigenvalue weighted by Gasteiger charge is 2.21. The second kappa shape index (κ2) is 41.7. The average Bonchev–Trinajstić information content (AvgIpc) is 3.21. The van der Waals surface area contributed by atoms with Crippen LogP contribution in [0.3, 0.4) is 0 Å². The molecule has 4 atom stereocenters. The lowest BCUT2D eigenvalue weighted by atomic mass is 10.1. The van der Waals surface area contributed by atoms with Crippen LogP contribution in [0.2, 0.25) is 0 Å². The van der Waals surface area contributed by atoms with Gasteiger partial charge in [-0.25, -0.2) is 0 Å². The second-order valence-corrected chi connectivity index (χ2v) is 15.2. The first-order valence-electron chi connectivity index (χ1n) is 22.6. The van der Waals surface area contributed by atoms with Crippen molar-refractivity contribution in [1.29, 1.82) is 0 Å². The van der Waals surface area contributed by atoms with Crippen LogP contribution in [0.15, 0.2) is 24.3 Å². The van der Waals surface area contributed by atoms with E-state index in [9.17, 15) is 19.8 Å². The predicted octanol–water partition coefficient (Wildman–Crippen LogP) is -0.692. The Morgan fingerprint density at radius 2 is 0.897 bits per heavy atom. The van der Waals surface area contributed by atoms with Gasteiger partial charge in [-0.15, -0.1) is 0 Å². The molecule has 0 aliphatic heterocycles. The van der Waals surface area contributed by atoms with Gasteiger partial charge in [0.1, 0.15) is 0 Å². The van der Waals surface area contributed by atoms with Crippen molar-refractivity contribution in [2.45, 2.75) is 115 Å². The molecule has 58 heavy (non-hydrogen) atoms. The van der Waals surface area contributed by atoms with Gasteiger partial charge in [-0.3, -0.25) is 19.4 Å². The minimum absolute atomic E-state index is 0.101. The summed E-state index contributed by atoms with van der Waals surface area (Å²) in [6, 6.07) is -0.679. The molecule has 0 aliphatic carbocycles. The maximum absolute atomic E-state index is 13.1. The van der Waals surface area contributed by atoms with Crippen molar-refractivity contribution in [3.05, 3.63) is 24.3 Å². The van der Waals surface area contributed by atoms with Gasteiger partial charge in [0.05, 0.1) is 24.3 Å². The number of amides is 2. The largest absolute Gasteiger partial charge is 0.390 e. The molecule has 16 nitrogen and oxygen atoms in total. The molecule has 0 heterocycles. The third-order valence-electron chi connectivity index (χ3n) is 9.68. The Balaban J connectivity index is 5.11. The van der Waals surface area contributed by atoms with E-state index >= 15 is 0 Å². The van der Waals surface area contributed by atoms with Crippen LogP contribution in [-0.4, -0.2) is 174 Å². The second-order valence-electron chi connectivity index (χ2n) is 15.2. The van der Waals surface area contributed by atoms with E-state index in [0.717, 1.165) is 103 Å². The highest BCUT2D eigenvalue weighted by molar-refractivity contribution is 5.82. The van der Waals surface area contributed by atoms with Crippen LogP contribution in [0.1, 0.15) is 90.9 Å². The Labute approximate surface area is 352 Å². The Hall–Kier alpha value is -2.06.